The van der Waals surface area contributed by atoms with E-state index in [0.717, 1.165) is 54.1 Å². The molecule has 0 radical (unpaired) electrons. The molecule has 2 N–H and O–H groups in total. The lowest BCUT2D eigenvalue weighted by Crippen LogP contribution is -2.13. The number of aromatic nitrogens is 1. The molecule has 4 aromatic carbocycles. The number of esters is 1. The third kappa shape index (κ3) is 14.5. The molecular weight excluding hydrogens is 776 g/mol. The van der Waals surface area contributed by atoms with E-state index < -0.39 is 5.97 Å². The Labute approximate surface area is 358 Å². The van der Waals surface area contributed by atoms with Crippen molar-refractivity contribution in [1.82, 2.24) is 4.98 Å². The molecule has 2 heterocycles. The fourth-order valence-corrected chi connectivity index (χ4v) is 7.23. The molecule has 0 aliphatic carbocycles. The van der Waals surface area contributed by atoms with Crippen molar-refractivity contribution >= 4 is 35.9 Å². The van der Waals surface area contributed by atoms with Crippen molar-refractivity contribution in [3.05, 3.63) is 149 Å². The number of methoxy groups -OCH3 is 1. The Morgan fingerprint density at radius 1 is 0.983 bits per heavy atom. The number of nitrogens with two attached hydrogens (primary N) is 1. The molecule has 0 fully saturated rings. The highest BCUT2D eigenvalue weighted by molar-refractivity contribution is 7.98. The summed E-state index contributed by atoms with van der Waals surface area (Å²) in [6, 6.07) is 30.1. The smallest absolute Gasteiger partial charge is 0.338 e. The number of aldehydes is 1. The van der Waals surface area contributed by atoms with Crippen LogP contribution in [0, 0.1) is 5.82 Å². The minimum Gasteiger partial charge on any atom is -0.494 e. The molecule has 0 saturated heterocycles. The molecule has 60 heavy (non-hydrogen) atoms. The van der Waals surface area contributed by atoms with Crippen molar-refractivity contribution < 1.29 is 28.2 Å². The summed E-state index contributed by atoms with van der Waals surface area (Å²) >= 11 is 1.90. The molecule has 0 bridgehead atoms. The molecule has 0 amide bonds. The number of nitrogens with zero attached hydrogens (tertiary/aromatic N) is 3. The van der Waals surface area contributed by atoms with Crippen LogP contribution in [0.5, 0.6) is 5.75 Å². The Morgan fingerprint density at radius 3 is 2.33 bits per heavy atom. The maximum atomic E-state index is 15.3. The van der Waals surface area contributed by atoms with Gasteiger partial charge in [0, 0.05) is 69.1 Å². The van der Waals surface area contributed by atoms with Crippen LogP contribution in [0.15, 0.2) is 121 Å². The lowest BCUT2D eigenvalue weighted by Gasteiger charge is -2.12. The first-order valence-corrected chi connectivity index (χ1v) is 21.2. The third-order valence-electron chi connectivity index (χ3n) is 9.42. The van der Waals surface area contributed by atoms with Gasteiger partial charge in [0.1, 0.15) is 17.9 Å². The van der Waals surface area contributed by atoms with Gasteiger partial charge in [-0.25, -0.2) is 9.18 Å². The standard InChI is InChI=1S/C36H39FN2O4S.C9H12N2.C4H6O/c1-3-21-44-25-27-5-9-28(10-6-27)34-16-11-29(23-35(34)37)33-15-12-30(22-31(33)24-39-38)36(40)43-20-17-26-7-13-32(14-8-26)42-19-4-18-41-2;1-7-6-11(2)8-4-3-5-10-9(7)8;1-4(2)3-5/h5-16,22-24H,3-4,17-21,25,38H2,1-2H3;3-5,7H,6H2,1-2H3;3H,1H2,2H3/b39-24+;;. The second kappa shape index (κ2) is 25.0. The number of likely N-dealkylation sites (N-methyl/N-ethyl adjacent to an activating group) is 1. The molecule has 6 rings (SSSR count). The zero-order chi connectivity index (χ0) is 43.3. The third-order valence-corrected chi connectivity index (χ3v) is 10.6. The normalized spacial score (nSPS) is 12.8. The number of fused-ring (bicyclic) bond motifs is 1. The Balaban J connectivity index is 0.000000410. The van der Waals surface area contributed by atoms with E-state index >= 15 is 4.39 Å². The van der Waals surface area contributed by atoms with Gasteiger partial charge in [-0.15, -0.1) is 0 Å². The highest BCUT2D eigenvalue weighted by atomic mass is 32.2. The van der Waals surface area contributed by atoms with E-state index in [-0.39, 0.29) is 12.4 Å². The predicted octanol–water partition coefficient (Wildman–Crippen LogP) is 10.3. The lowest BCUT2D eigenvalue weighted by atomic mass is 9.95. The van der Waals surface area contributed by atoms with Gasteiger partial charge in [-0.05, 0) is 95.0 Å². The molecule has 1 atom stereocenters. The van der Waals surface area contributed by atoms with Crippen molar-refractivity contribution in [1.29, 1.82) is 0 Å². The minimum absolute atomic E-state index is 0.222. The number of carbonyl (C=O) groups is 2. The van der Waals surface area contributed by atoms with Crippen LogP contribution < -0.4 is 15.5 Å². The monoisotopic (exact) mass is 832 g/mol. The number of thioether (sulfide) groups is 1. The molecular formula is C49H57FN4O5S. The first-order valence-electron chi connectivity index (χ1n) is 20.1. The summed E-state index contributed by atoms with van der Waals surface area (Å²) in [5.41, 5.74) is 9.01. The Kier molecular flexibility index (Phi) is 19.5. The first-order chi connectivity index (χ1) is 29.1. The number of allylic oxidation sites excluding steroid dienone is 1. The predicted molar refractivity (Wildman–Crippen MR) is 245 cm³/mol. The van der Waals surface area contributed by atoms with E-state index in [1.54, 1.807) is 38.3 Å². The zero-order valence-electron chi connectivity index (χ0n) is 35.4. The summed E-state index contributed by atoms with van der Waals surface area (Å²) in [6.07, 6.45) is 6.58. The summed E-state index contributed by atoms with van der Waals surface area (Å²) in [5.74, 6) is 8.14. The zero-order valence-corrected chi connectivity index (χ0v) is 36.2. The number of ether oxygens (including phenoxy) is 3. The van der Waals surface area contributed by atoms with E-state index in [0.29, 0.717) is 58.9 Å². The number of hydrogen-bond donors (Lipinski definition) is 1. The van der Waals surface area contributed by atoms with Crippen LogP contribution in [0.1, 0.15) is 72.3 Å². The summed E-state index contributed by atoms with van der Waals surface area (Å²) < 4.78 is 31.6. The van der Waals surface area contributed by atoms with Crippen molar-refractivity contribution in [2.75, 3.05) is 51.2 Å². The second-order valence-corrected chi connectivity index (χ2v) is 15.5. The molecule has 0 spiro atoms. The fourth-order valence-electron chi connectivity index (χ4n) is 6.37. The Hall–Kier alpha value is -5.78. The van der Waals surface area contributed by atoms with Crippen molar-refractivity contribution in [2.45, 2.75) is 51.7 Å². The highest BCUT2D eigenvalue weighted by Gasteiger charge is 2.23. The Morgan fingerprint density at radius 2 is 1.68 bits per heavy atom. The second-order valence-electron chi connectivity index (χ2n) is 14.4. The molecule has 1 aliphatic rings. The maximum Gasteiger partial charge on any atom is 0.338 e. The highest BCUT2D eigenvalue weighted by Crippen LogP contribution is 2.33. The number of hydrogen-bond acceptors (Lipinski definition) is 10. The van der Waals surface area contributed by atoms with Gasteiger partial charge in [-0.2, -0.15) is 16.9 Å². The molecule has 316 valence electrons. The van der Waals surface area contributed by atoms with Gasteiger partial charge >= 0.3 is 5.97 Å². The van der Waals surface area contributed by atoms with Crippen LogP contribution in [-0.2, 0) is 26.4 Å². The van der Waals surface area contributed by atoms with Gasteiger partial charge in [0.2, 0.25) is 0 Å². The van der Waals surface area contributed by atoms with Crippen LogP contribution in [0.4, 0.5) is 10.1 Å². The quantitative estimate of drug-likeness (QED) is 0.0186. The van der Waals surface area contributed by atoms with Gasteiger partial charge in [0.05, 0.1) is 36.4 Å². The molecule has 1 aromatic heterocycles. The van der Waals surface area contributed by atoms with Crippen molar-refractivity contribution in [3.8, 4) is 28.0 Å². The number of hydrazone groups is 1. The van der Waals surface area contributed by atoms with Gasteiger partial charge in [-0.3, -0.25) is 9.78 Å². The van der Waals surface area contributed by atoms with Gasteiger partial charge in [0.15, 0.2) is 0 Å². The molecule has 1 aliphatic heterocycles. The van der Waals surface area contributed by atoms with E-state index in [4.69, 9.17) is 20.1 Å². The van der Waals surface area contributed by atoms with Crippen LogP contribution in [0.25, 0.3) is 22.3 Å². The van der Waals surface area contributed by atoms with Crippen LogP contribution in [-0.4, -0.2) is 69.7 Å². The van der Waals surface area contributed by atoms with Crippen molar-refractivity contribution in [3.63, 3.8) is 0 Å². The SMILES string of the molecule is C=C(C)C=O.CC1CN(C)c2cccnc21.CCCSCc1ccc(-c2ccc(-c3ccc(C(=O)OCCc4ccc(OCCCOC)cc4)cc3/C=N/N)cc2F)cc1. The van der Waals surface area contributed by atoms with E-state index in [2.05, 4.69) is 60.7 Å². The van der Waals surface area contributed by atoms with E-state index in [1.165, 1.54) is 29.2 Å². The number of carbonyl (C=O) groups excluding carboxylic acids is 2. The molecule has 9 nitrogen and oxygen atoms in total. The molecule has 0 saturated carbocycles. The summed E-state index contributed by atoms with van der Waals surface area (Å²) in [6.45, 7) is 11.9. The summed E-state index contributed by atoms with van der Waals surface area (Å²) in [7, 11) is 3.78. The largest absolute Gasteiger partial charge is 0.494 e. The number of benzene rings is 4. The Bertz CT molecular complexity index is 2130. The van der Waals surface area contributed by atoms with Crippen LogP contribution in [0.2, 0.25) is 0 Å². The summed E-state index contributed by atoms with van der Waals surface area (Å²) in [4.78, 5) is 28.8. The number of halogens is 1. The van der Waals surface area contributed by atoms with Crippen molar-refractivity contribution in [2.24, 2.45) is 10.9 Å². The fraction of sp³-hybridized carbons (Fsp3) is 0.306. The molecule has 11 heteroatoms. The van der Waals surface area contributed by atoms with E-state index in [1.807, 2.05) is 66.5 Å². The number of rotatable bonds is 17. The molecule has 1 unspecified atom stereocenters. The average molecular weight is 833 g/mol. The first kappa shape index (κ1) is 46.9. The lowest BCUT2D eigenvalue weighted by molar-refractivity contribution is -0.104. The van der Waals surface area contributed by atoms with E-state index in [9.17, 15) is 9.59 Å². The number of anilines is 1. The number of pyridine rings is 1. The molecule has 5 aromatic rings. The average Bonchev–Trinajstić information content (AvgIpc) is 3.56. The van der Waals surface area contributed by atoms with Gasteiger partial charge in [0.25, 0.3) is 0 Å². The van der Waals surface area contributed by atoms with Gasteiger partial charge < -0.3 is 25.0 Å². The minimum atomic E-state index is -0.459. The topological polar surface area (TPSA) is 116 Å². The van der Waals surface area contributed by atoms with Crippen LogP contribution >= 0.6 is 11.8 Å². The summed E-state index contributed by atoms with van der Waals surface area (Å²) in [5, 5.41) is 3.66. The van der Waals surface area contributed by atoms with Gasteiger partial charge in [-0.1, -0.05) is 75.0 Å². The van der Waals surface area contributed by atoms with Crippen LogP contribution in [0.3, 0.4) is 0 Å². The maximum absolute atomic E-state index is 15.3.